The number of likely N-dealkylation sites (tertiary alicyclic amines) is 2. The van der Waals surface area contributed by atoms with Crippen molar-refractivity contribution >= 4 is 57.1 Å². The van der Waals surface area contributed by atoms with Crippen molar-refractivity contribution in [2.24, 2.45) is 47.3 Å². The molecule has 2 aliphatic heterocycles. The molecule has 71 heavy (non-hydrogen) atoms. The molecule has 13 heteroatoms. The van der Waals surface area contributed by atoms with E-state index in [4.69, 9.17) is 9.47 Å². The Bertz CT molecular complexity index is 2400. The molecule has 3 N–H and O–H groups in total. The SMILES string of the molecule is O=C(OC1CC2CCC1C(C(=O)NC(=O)C1C3CCC(CC3OC(=O)c3cccc4ccccc34)C1C(=O)NCCCN1CCCCC1)C2C(=O)NCCCN1CCCCC1)c1cccc2ccccc12. The first kappa shape index (κ1) is 48.9. The number of nitrogens with zero attached hydrogens (tertiary/aromatic N) is 2. The van der Waals surface area contributed by atoms with Crippen molar-refractivity contribution in [2.75, 3.05) is 52.4 Å². The number of amides is 4. The Hall–Kier alpha value is -5.66. The van der Waals surface area contributed by atoms with Gasteiger partial charge in [-0.05, 0) is 162 Å². The Balaban J connectivity index is 0.894. The van der Waals surface area contributed by atoms with Gasteiger partial charge in [-0.2, -0.15) is 0 Å². The van der Waals surface area contributed by atoms with Crippen molar-refractivity contribution in [3.05, 3.63) is 96.1 Å². The summed E-state index contributed by atoms with van der Waals surface area (Å²) in [6.07, 6.45) is 10.8. The molecule has 10 unspecified atom stereocenters. The molecule has 12 rings (SSSR count). The maximum absolute atomic E-state index is 15.1. The molecule has 2 heterocycles. The summed E-state index contributed by atoms with van der Waals surface area (Å²) >= 11 is 0. The van der Waals surface area contributed by atoms with E-state index >= 15 is 9.59 Å². The molecule has 4 bridgehead atoms. The van der Waals surface area contributed by atoms with E-state index in [1.54, 1.807) is 12.1 Å². The van der Waals surface area contributed by atoms with E-state index < -0.39 is 71.5 Å². The van der Waals surface area contributed by atoms with Crippen molar-refractivity contribution < 1.29 is 38.2 Å². The van der Waals surface area contributed by atoms with E-state index in [-0.39, 0.29) is 23.7 Å². The molecular weight excluding hydrogens is 895 g/mol. The summed E-state index contributed by atoms with van der Waals surface area (Å²) in [5.41, 5.74) is 0.866. The van der Waals surface area contributed by atoms with Gasteiger partial charge in [-0.25, -0.2) is 9.59 Å². The number of imide groups is 1. The normalized spacial score (nSPS) is 28.5. The van der Waals surface area contributed by atoms with Crippen LogP contribution in [-0.4, -0.2) is 110 Å². The van der Waals surface area contributed by atoms with Crippen LogP contribution in [0.1, 0.15) is 111 Å². The number of carbonyl (C=O) groups excluding carboxylic acids is 6. The molecular formula is C58H71N5O8. The van der Waals surface area contributed by atoms with Crippen LogP contribution in [0, 0.1) is 47.3 Å². The van der Waals surface area contributed by atoms with Gasteiger partial charge in [-0.1, -0.05) is 85.6 Å². The Morgan fingerprint density at radius 2 is 0.873 bits per heavy atom. The molecule has 4 aromatic carbocycles. The number of piperidine rings is 2. The van der Waals surface area contributed by atoms with Crippen molar-refractivity contribution in [1.82, 2.24) is 25.8 Å². The highest BCUT2D eigenvalue weighted by Crippen LogP contribution is 2.53. The van der Waals surface area contributed by atoms with Crippen LogP contribution in [0.5, 0.6) is 0 Å². The minimum absolute atomic E-state index is 0.219. The molecule has 4 amide bonds. The molecule has 0 radical (unpaired) electrons. The van der Waals surface area contributed by atoms with Crippen molar-refractivity contribution in [3.63, 3.8) is 0 Å². The van der Waals surface area contributed by atoms with Gasteiger partial charge in [-0.15, -0.1) is 0 Å². The van der Waals surface area contributed by atoms with Crippen LogP contribution in [0.25, 0.3) is 21.5 Å². The average Bonchev–Trinajstić information content (AvgIpc) is 3.41. The molecule has 13 nitrogen and oxygen atoms in total. The first-order valence-corrected chi connectivity index (χ1v) is 26.9. The van der Waals surface area contributed by atoms with Crippen LogP contribution in [0.2, 0.25) is 0 Å². The number of carbonyl (C=O) groups is 6. The summed E-state index contributed by atoms with van der Waals surface area (Å²) in [7, 11) is 0. The zero-order chi connectivity index (χ0) is 48.8. The Morgan fingerprint density at radius 3 is 1.31 bits per heavy atom. The second-order valence-corrected chi connectivity index (χ2v) is 21.5. The van der Waals surface area contributed by atoms with Crippen molar-refractivity contribution in [1.29, 1.82) is 0 Å². The van der Waals surface area contributed by atoms with Gasteiger partial charge in [0.2, 0.25) is 23.6 Å². The van der Waals surface area contributed by atoms with Gasteiger partial charge < -0.3 is 29.9 Å². The Labute approximate surface area is 417 Å². The van der Waals surface area contributed by atoms with Crippen LogP contribution < -0.4 is 16.0 Å². The predicted molar refractivity (Wildman–Crippen MR) is 271 cm³/mol. The molecule has 0 spiro atoms. The maximum Gasteiger partial charge on any atom is 0.339 e. The largest absolute Gasteiger partial charge is 0.458 e. The number of nitrogens with one attached hydrogen (secondary N) is 3. The third-order valence-electron chi connectivity index (χ3n) is 17.3. The predicted octanol–water partition coefficient (Wildman–Crippen LogP) is 7.70. The summed E-state index contributed by atoms with van der Waals surface area (Å²) < 4.78 is 12.7. The molecule has 10 atom stereocenters. The third kappa shape index (κ3) is 10.8. The van der Waals surface area contributed by atoms with Crippen LogP contribution in [0.15, 0.2) is 84.9 Å². The van der Waals surface area contributed by atoms with Gasteiger partial charge in [0, 0.05) is 24.9 Å². The number of ether oxygens (including phenoxy) is 2. The van der Waals surface area contributed by atoms with Gasteiger partial charge in [0.25, 0.3) is 0 Å². The summed E-state index contributed by atoms with van der Waals surface area (Å²) in [6, 6.07) is 26.3. The zero-order valence-corrected chi connectivity index (χ0v) is 41.1. The molecule has 0 aromatic heterocycles. The molecule has 4 aromatic rings. The lowest BCUT2D eigenvalue weighted by Crippen LogP contribution is -2.61. The van der Waals surface area contributed by atoms with Crippen LogP contribution in [0.3, 0.4) is 0 Å². The second-order valence-electron chi connectivity index (χ2n) is 21.5. The summed E-state index contributed by atoms with van der Waals surface area (Å²) in [6.45, 7) is 6.95. The standard InChI is InChI=1S/C58H71N5O8/c64-53(59-27-13-33-62-29-7-1-8-30-62)49-39-23-25-45(47(35-39)70-57(68)43-21-11-17-37-15-3-5-19-41(37)43)51(49)55(66)61-56(67)52-46-26-24-40(50(52)54(65)60-28-14-34-63-31-9-2-10-32-63)36-48(46)71-58(69)44-22-12-18-38-16-4-6-20-42(38)44/h3-6,11-12,15-22,39-40,45-52H,1-2,7-10,13-14,23-36H2,(H,59,64)(H,60,65)(H,61,66,67). The highest BCUT2D eigenvalue weighted by molar-refractivity contribution is 6.06. The van der Waals surface area contributed by atoms with Gasteiger partial charge in [-0.3, -0.25) is 24.5 Å². The van der Waals surface area contributed by atoms with E-state index in [2.05, 4.69) is 25.8 Å². The fraction of sp³-hybridized carbons (Fsp3) is 0.552. The molecule has 6 aliphatic carbocycles. The fourth-order valence-corrected chi connectivity index (χ4v) is 13.8. The lowest BCUT2D eigenvalue weighted by atomic mass is 9.56. The number of hydrogen-bond donors (Lipinski definition) is 3. The fourth-order valence-electron chi connectivity index (χ4n) is 13.8. The lowest BCUT2D eigenvalue weighted by Gasteiger charge is -2.51. The first-order valence-electron chi connectivity index (χ1n) is 26.9. The summed E-state index contributed by atoms with van der Waals surface area (Å²) in [5, 5.41) is 12.5. The van der Waals surface area contributed by atoms with Gasteiger partial charge in [0.15, 0.2) is 0 Å². The number of esters is 2. The smallest absolute Gasteiger partial charge is 0.339 e. The molecule has 8 aliphatic rings. The van der Waals surface area contributed by atoms with Crippen molar-refractivity contribution in [2.45, 2.75) is 102 Å². The van der Waals surface area contributed by atoms with E-state index in [1.165, 1.54) is 38.5 Å². The number of fused-ring (bicyclic) bond motifs is 8. The quantitative estimate of drug-likeness (QED) is 0.0577. The van der Waals surface area contributed by atoms with Gasteiger partial charge in [0.05, 0.1) is 34.8 Å². The minimum Gasteiger partial charge on any atom is -0.458 e. The number of rotatable bonds is 16. The average molecular weight is 966 g/mol. The first-order chi connectivity index (χ1) is 34.7. The van der Waals surface area contributed by atoms with E-state index in [9.17, 15) is 19.2 Å². The second kappa shape index (κ2) is 22.4. The van der Waals surface area contributed by atoms with Crippen LogP contribution >= 0.6 is 0 Å². The highest BCUT2D eigenvalue weighted by atomic mass is 16.5. The Morgan fingerprint density at radius 1 is 0.465 bits per heavy atom. The van der Waals surface area contributed by atoms with E-state index in [0.29, 0.717) is 62.7 Å². The van der Waals surface area contributed by atoms with Gasteiger partial charge >= 0.3 is 11.9 Å². The monoisotopic (exact) mass is 966 g/mol. The topological polar surface area (TPSA) is 163 Å². The zero-order valence-electron chi connectivity index (χ0n) is 41.1. The van der Waals surface area contributed by atoms with E-state index in [1.807, 2.05) is 72.8 Å². The summed E-state index contributed by atoms with van der Waals surface area (Å²) in [4.78, 5) is 92.2. The van der Waals surface area contributed by atoms with Crippen LogP contribution in [-0.2, 0) is 28.7 Å². The molecule has 2 saturated heterocycles. The third-order valence-corrected chi connectivity index (χ3v) is 17.3. The Kier molecular flexibility index (Phi) is 15.4. The van der Waals surface area contributed by atoms with Gasteiger partial charge in [0.1, 0.15) is 12.2 Å². The minimum atomic E-state index is -0.957. The van der Waals surface area contributed by atoms with Crippen LogP contribution in [0.4, 0.5) is 0 Å². The number of hydrogen-bond acceptors (Lipinski definition) is 10. The number of benzene rings is 4. The molecule has 6 saturated carbocycles. The molecule has 376 valence electrons. The molecule has 8 fully saturated rings. The highest BCUT2D eigenvalue weighted by Gasteiger charge is 2.58. The summed E-state index contributed by atoms with van der Waals surface area (Å²) in [5.74, 6) is -7.53. The van der Waals surface area contributed by atoms with E-state index in [0.717, 1.165) is 73.7 Å². The van der Waals surface area contributed by atoms with Crippen molar-refractivity contribution in [3.8, 4) is 0 Å². The maximum atomic E-state index is 15.1. The lowest BCUT2D eigenvalue weighted by molar-refractivity contribution is -0.162.